The molecule has 4 nitrogen and oxygen atoms in total. The van der Waals surface area contributed by atoms with Crippen molar-refractivity contribution in [2.45, 2.75) is 11.8 Å². The second-order valence-electron chi connectivity index (χ2n) is 4.40. The predicted octanol–water partition coefficient (Wildman–Crippen LogP) is 4.04. The Morgan fingerprint density at radius 1 is 1.14 bits per heavy atom. The number of halogens is 3. The number of nitrogens with one attached hydrogen (secondary N) is 1. The number of nitrogen functional groups attached to an aromatic ring is 1. The first-order chi connectivity index (χ1) is 9.70. The Bertz CT molecular complexity index is 787. The first-order valence-electron chi connectivity index (χ1n) is 5.74. The van der Waals surface area contributed by atoms with E-state index in [0.717, 1.165) is 0 Å². The molecule has 2 aromatic rings. The lowest BCUT2D eigenvalue weighted by Gasteiger charge is -2.13. The van der Waals surface area contributed by atoms with Crippen molar-refractivity contribution < 1.29 is 12.8 Å². The number of hydrogen-bond acceptors (Lipinski definition) is 3. The van der Waals surface area contributed by atoms with Gasteiger partial charge in [0, 0.05) is 14.6 Å². The van der Waals surface area contributed by atoms with Crippen molar-refractivity contribution in [2.24, 2.45) is 0 Å². The number of aryl methyl sites for hydroxylation is 1. The molecule has 0 bridgehead atoms. The number of rotatable bonds is 3. The molecule has 0 fully saturated rings. The normalized spacial score (nSPS) is 11.4. The van der Waals surface area contributed by atoms with Gasteiger partial charge in [-0.2, -0.15) is 0 Å². The molecule has 0 saturated heterocycles. The fraction of sp³-hybridized carbons (Fsp3) is 0.0769. The van der Waals surface area contributed by atoms with Crippen LogP contribution in [0.15, 0.2) is 44.2 Å². The van der Waals surface area contributed by atoms with Crippen LogP contribution in [0.1, 0.15) is 5.56 Å². The molecule has 0 aromatic heterocycles. The molecule has 0 atom stereocenters. The van der Waals surface area contributed by atoms with Crippen molar-refractivity contribution in [3.63, 3.8) is 0 Å². The molecule has 0 spiro atoms. The lowest BCUT2D eigenvalue weighted by molar-refractivity contribution is 0.597. The maximum absolute atomic E-state index is 13.8. The number of hydrogen-bond donors (Lipinski definition) is 2. The van der Waals surface area contributed by atoms with Gasteiger partial charge in [-0.25, -0.2) is 12.8 Å². The lowest BCUT2D eigenvalue weighted by Crippen LogP contribution is -2.15. The van der Waals surface area contributed by atoms with Crippen LogP contribution in [0.4, 0.5) is 15.8 Å². The topological polar surface area (TPSA) is 72.2 Å². The molecular formula is C13H11Br2FN2O2S. The van der Waals surface area contributed by atoms with E-state index in [4.69, 9.17) is 5.73 Å². The van der Waals surface area contributed by atoms with E-state index in [-0.39, 0.29) is 19.5 Å². The van der Waals surface area contributed by atoms with Crippen molar-refractivity contribution in [3.8, 4) is 0 Å². The highest BCUT2D eigenvalue weighted by atomic mass is 79.9. The third kappa shape index (κ3) is 3.56. The Labute approximate surface area is 138 Å². The van der Waals surface area contributed by atoms with Crippen molar-refractivity contribution in [3.05, 3.63) is 50.7 Å². The largest absolute Gasteiger partial charge is 0.399 e. The van der Waals surface area contributed by atoms with Crippen LogP contribution < -0.4 is 10.5 Å². The predicted molar refractivity (Wildman–Crippen MR) is 88.2 cm³/mol. The molecule has 0 saturated carbocycles. The molecule has 0 aliphatic rings. The quantitative estimate of drug-likeness (QED) is 0.711. The molecule has 0 radical (unpaired) electrons. The fourth-order valence-corrected chi connectivity index (χ4v) is 5.42. The summed E-state index contributed by atoms with van der Waals surface area (Å²) in [6.07, 6.45) is 0. The first-order valence-corrected chi connectivity index (χ1v) is 8.81. The highest BCUT2D eigenvalue weighted by Gasteiger charge is 2.23. The fourth-order valence-electron chi connectivity index (χ4n) is 1.73. The SMILES string of the molecule is Cc1ccc(NS(=O)(=O)c2c(Br)cc(N)cc2Br)c(F)c1. The van der Waals surface area contributed by atoms with Crippen molar-refractivity contribution in [1.82, 2.24) is 0 Å². The zero-order valence-corrected chi connectivity index (χ0v) is 14.8. The summed E-state index contributed by atoms with van der Waals surface area (Å²) in [6.45, 7) is 1.72. The van der Waals surface area contributed by atoms with Gasteiger partial charge in [-0.15, -0.1) is 0 Å². The van der Waals surface area contributed by atoms with Gasteiger partial charge < -0.3 is 5.73 Å². The van der Waals surface area contributed by atoms with E-state index in [1.54, 1.807) is 13.0 Å². The minimum atomic E-state index is -3.97. The van der Waals surface area contributed by atoms with E-state index in [1.165, 1.54) is 24.3 Å². The van der Waals surface area contributed by atoms with Gasteiger partial charge in [-0.3, -0.25) is 4.72 Å². The zero-order chi connectivity index (χ0) is 15.8. The molecule has 0 unspecified atom stereocenters. The number of benzene rings is 2. The van der Waals surface area contributed by atoms with Crippen LogP contribution in [0.25, 0.3) is 0 Å². The van der Waals surface area contributed by atoms with Gasteiger partial charge in [0.15, 0.2) is 0 Å². The number of anilines is 2. The zero-order valence-electron chi connectivity index (χ0n) is 10.8. The maximum Gasteiger partial charge on any atom is 0.264 e. The van der Waals surface area contributed by atoms with Crippen molar-refractivity contribution >= 4 is 53.3 Å². The molecular weight excluding hydrogens is 427 g/mol. The lowest BCUT2D eigenvalue weighted by atomic mass is 10.2. The Balaban J connectivity index is 2.48. The van der Waals surface area contributed by atoms with Crippen LogP contribution in [0.3, 0.4) is 0 Å². The minimum absolute atomic E-state index is 0.0447. The molecule has 2 rings (SSSR count). The molecule has 3 N–H and O–H groups in total. The molecule has 0 heterocycles. The summed E-state index contributed by atoms with van der Waals surface area (Å²) in [5.41, 5.74) is 6.61. The number of nitrogens with two attached hydrogens (primary N) is 1. The van der Waals surface area contributed by atoms with Crippen LogP contribution in [0, 0.1) is 12.7 Å². The summed E-state index contributed by atoms with van der Waals surface area (Å²) in [5.74, 6) is -0.638. The van der Waals surface area contributed by atoms with Gasteiger partial charge in [0.1, 0.15) is 10.7 Å². The van der Waals surface area contributed by atoms with Crippen LogP contribution in [0.5, 0.6) is 0 Å². The van der Waals surface area contributed by atoms with E-state index >= 15 is 0 Å². The molecule has 0 aliphatic heterocycles. The smallest absolute Gasteiger partial charge is 0.264 e. The summed E-state index contributed by atoms with van der Waals surface area (Å²) in [6, 6.07) is 7.18. The highest BCUT2D eigenvalue weighted by molar-refractivity contribution is 9.11. The summed E-state index contributed by atoms with van der Waals surface area (Å²) in [4.78, 5) is -0.0447. The van der Waals surface area contributed by atoms with E-state index in [0.29, 0.717) is 11.3 Å². The Morgan fingerprint density at radius 3 is 2.24 bits per heavy atom. The molecule has 8 heteroatoms. The Kier molecular flexibility index (Phi) is 4.60. The van der Waals surface area contributed by atoms with Crippen LogP contribution >= 0.6 is 31.9 Å². The molecule has 0 amide bonds. The second kappa shape index (κ2) is 5.94. The standard InChI is InChI=1S/C13H11Br2FN2O2S/c1-7-2-3-12(11(16)4-7)18-21(19,20)13-9(14)5-8(17)6-10(13)15/h2-6,18H,17H2,1H3. The Hall–Kier alpha value is -1.12. The van der Waals surface area contributed by atoms with E-state index in [9.17, 15) is 12.8 Å². The van der Waals surface area contributed by atoms with Crippen LogP contribution in [-0.2, 0) is 10.0 Å². The highest BCUT2D eigenvalue weighted by Crippen LogP contribution is 2.33. The molecule has 21 heavy (non-hydrogen) atoms. The van der Waals surface area contributed by atoms with Gasteiger partial charge in [-0.1, -0.05) is 6.07 Å². The summed E-state index contributed by atoms with van der Waals surface area (Å²) in [7, 11) is -3.97. The number of sulfonamides is 1. The summed E-state index contributed by atoms with van der Waals surface area (Å²) >= 11 is 6.31. The molecule has 2 aromatic carbocycles. The van der Waals surface area contributed by atoms with Gasteiger partial charge in [0.25, 0.3) is 10.0 Å². The average molecular weight is 438 g/mol. The van der Waals surface area contributed by atoms with Crippen molar-refractivity contribution in [2.75, 3.05) is 10.5 Å². The van der Waals surface area contributed by atoms with Crippen LogP contribution in [0.2, 0.25) is 0 Å². The maximum atomic E-state index is 13.8. The average Bonchev–Trinajstić information content (AvgIpc) is 2.30. The van der Waals surface area contributed by atoms with Crippen molar-refractivity contribution in [1.29, 1.82) is 0 Å². The minimum Gasteiger partial charge on any atom is -0.399 e. The van der Waals surface area contributed by atoms with Crippen LogP contribution in [-0.4, -0.2) is 8.42 Å². The second-order valence-corrected chi connectivity index (χ2v) is 7.73. The summed E-state index contributed by atoms with van der Waals surface area (Å²) in [5, 5.41) is 0. The molecule has 112 valence electrons. The molecule has 0 aliphatic carbocycles. The Morgan fingerprint density at radius 2 is 1.71 bits per heavy atom. The van der Waals surface area contributed by atoms with Gasteiger partial charge >= 0.3 is 0 Å². The third-order valence-electron chi connectivity index (χ3n) is 2.66. The van der Waals surface area contributed by atoms with E-state index in [1.807, 2.05) is 0 Å². The van der Waals surface area contributed by atoms with Gasteiger partial charge in [0.2, 0.25) is 0 Å². The third-order valence-corrected chi connectivity index (χ3v) is 5.90. The first kappa shape index (κ1) is 16.3. The van der Waals surface area contributed by atoms with Gasteiger partial charge in [-0.05, 0) is 68.6 Å². The van der Waals surface area contributed by atoms with E-state index < -0.39 is 15.8 Å². The summed E-state index contributed by atoms with van der Waals surface area (Å²) < 4.78 is 41.4. The monoisotopic (exact) mass is 436 g/mol. The van der Waals surface area contributed by atoms with Gasteiger partial charge in [0.05, 0.1) is 5.69 Å². The van der Waals surface area contributed by atoms with E-state index in [2.05, 4.69) is 36.6 Å².